The van der Waals surface area contributed by atoms with Gasteiger partial charge in [-0.15, -0.1) is 0 Å². The zero-order valence-electron chi connectivity index (χ0n) is 23.9. The minimum atomic E-state index is -1.13. The molecule has 3 N–H and O–H groups in total. The summed E-state index contributed by atoms with van der Waals surface area (Å²) in [6.07, 6.45) is 9.98. The smallest absolute Gasteiger partial charge is 0.312 e. The van der Waals surface area contributed by atoms with Crippen LogP contribution in [0.3, 0.4) is 0 Å². The van der Waals surface area contributed by atoms with E-state index in [9.17, 15) is 19.8 Å². The minimum absolute atomic E-state index is 0.0653. The number of unbranched alkanes of at least 4 members (excludes halogenated alkanes) is 6. The first kappa shape index (κ1) is 32.8. The highest BCUT2D eigenvalue weighted by molar-refractivity contribution is 5.76. The van der Waals surface area contributed by atoms with Crippen molar-refractivity contribution in [1.29, 1.82) is 0 Å². The zero-order valence-corrected chi connectivity index (χ0v) is 23.9. The first-order chi connectivity index (χ1) is 17.4. The highest BCUT2D eigenvalue weighted by Crippen LogP contribution is 2.34. The topological polar surface area (TPSA) is 104 Å². The Balaban J connectivity index is 3.17. The van der Waals surface area contributed by atoms with Gasteiger partial charge >= 0.3 is 11.9 Å². The Labute approximate surface area is 224 Å². The van der Waals surface area contributed by atoms with E-state index in [1.165, 1.54) is 32.1 Å². The van der Waals surface area contributed by atoms with Crippen LogP contribution in [0.5, 0.6) is 0 Å². The van der Waals surface area contributed by atoms with Gasteiger partial charge in [-0.2, -0.15) is 0 Å². The lowest BCUT2D eigenvalue weighted by Gasteiger charge is -2.27. The fraction of sp³-hybridized carbons (Fsp3) is 0.677. The molecule has 1 rings (SSSR count). The number of carboxylic acids is 1. The maximum Gasteiger partial charge on any atom is 0.312 e. The van der Waals surface area contributed by atoms with Crippen molar-refractivity contribution in [2.45, 2.75) is 130 Å². The molecule has 0 radical (unpaired) electrons. The van der Waals surface area contributed by atoms with Crippen LogP contribution in [0, 0.1) is 19.3 Å². The highest BCUT2D eigenvalue weighted by atomic mass is 16.5. The highest BCUT2D eigenvalue weighted by Gasteiger charge is 2.31. The molecule has 0 amide bonds. The number of aliphatic hydroxyl groups is 2. The molecular weight excluding hydrogens is 468 g/mol. The molecule has 0 heterocycles. The Hall–Kier alpha value is -2.18. The lowest BCUT2D eigenvalue weighted by molar-refractivity contribution is -0.160. The van der Waals surface area contributed by atoms with Crippen LogP contribution in [0.2, 0.25) is 0 Å². The van der Waals surface area contributed by atoms with E-state index >= 15 is 0 Å². The number of esters is 1. The largest absolute Gasteiger partial charge is 0.481 e. The van der Waals surface area contributed by atoms with Crippen molar-refractivity contribution < 1.29 is 29.6 Å². The van der Waals surface area contributed by atoms with E-state index in [2.05, 4.69) is 19.1 Å². The average Bonchev–Trinajstić information content (AvgIpc) is 2.80. The molecule has 1 aromatic rings. The average molecular weight is 519 g/mol. The van der Waals surface area contributed by atoms with Crippen LogP contribution in [-0.4, -0.2) is 39.5 Å². The number of ether oxygens (including phenoxy) is 1. The molecule has 37 heavy (non-hydrogen) atoms. The van der Waals surface area contributed by atoms with E-state index in [0.29, 0.717) is 6.42 Å². The molecule has 1 aromatic carbocycles. The summed E-state index contributed by atoms with van der Waals surface area (Å²) in [5.41, 5.74) is 3.28. The van der Waals surface area contributed by atoms with E-state index in [0.717, 1.165) is 41.5 Å². The van der Waals surface area contributed by atoms with Gasteiger partial charge in [0.2, 0.25) is 0 Å². The molecule has 0 fully saturated rings. The van der Waals surface area contributed by atoms with E-state index in [4.69, 9.17) is 9.84 Å². The number of carbonyl (C=O) groups excluding carboxylic acids is 1. The summed E-state index contributed by atoms with van der Waals surface area (Å²) in [5.74, 6) is -1.32. The summed E-state index contributed by atoms with van der Waals surface area (Å²) < 4.78 is 6.16. The summed E-state index contributed by atoms with van der Waals surface area (Å²) in [6, 6.07) is 4.11. The van der Waals surface area contributed by atoms with E-state index in [-0.39, 0.29) is 12.4 Å². The van der Waals surface area contributed by atoms with Crippen LogP contribution < -0.4 is 0 Å². The SMILES string of the molecule is CCCCCCCCCC(OC(=O)C(C)(C)CC)c1cc(C)cc(C)c1/C=C/[C@@H](O)C[C@@H](O)CC(=O)O. The minimum Gasteiger partial charge on any atom is -0.481 e. The summed E-state index contributed by atoms with van der Waals surface area (Å²) in [6.45, 7) is 12.0. The molecule has 0 aromatic heterocycles. The third kappa shape index (κ3) is 12.3. The summed E-state index contributed by atoms with van der Waals surface area (Å²) >= 11 is 0. The van der Waals surface area contributed by atoms with Gasteiger partial charge in [0.15, 0.2) is 0 Å². The Morgan fingerprint density at radius 2 is 1.62 bits per heavy atom. The van der Waals surface area contributed by atoms with Crippen molar-refractivity contribution >= 4 is 18.0 Å². The predicted octanol–water partition coefficient (Wildman–Crippen LogP) is 7.06. The van der Waals surface area contributed by atoms with Gasteiger partial charge in [0.05, 0.1) is 24.0 Å². The number of aliphatic hydroxyl groups excluding tert-OH is 2. The molecule has 210 valence electrons. The van der Waals surface area contributed by atoms with Crippen molar-refractivity contribution in [3.05, 3.63) is 40.5 Å². The Kier molecular flexibility index (Phi) is 14.8. The summed E-state index contributed by atoms with van der Waals surface area (Å²) in [4.78, 5) is 23.9. The molecule has 0 aliphatic carbocycles. The number of hydrogen-bond acceptors (Lipinski definition) is 5. The molecule has 0 bridgehead atoms. The fourth-order valence-electron chi connectivity index (χ4n) is 4.35. The van der Waals surface area contributed by atoms with Crippen LogP contribution in [0.1, 0.15) is 127 Å². The molecule has 3 atom stereocenters. The molecule has 6 heteroatoms. The number of hydrogen-bond donors (Lipinski definition) is 3. The molecule has 0 saturated heterocycles. The predicted molar refractivity (Wildman–Crippen MR) is 149 cm³/mol. The van der Waals surface area contributed by atoms with Crippen molar-refractivity contribution in [2.24, 2.45) is 5.41 Å². The molecule has 0 aliphatic heterocycles. The van der Waals surface area contributed by atoms with Crippen molar-refractivity contribution in [2.75, 3.05) is 0 Å². The van der Waals surface area contributed by atoms with Crippen LogP contribution in [0.25, 0.3) is 6.08 Å². The van der Waals surface area contributed by atoms with Crippen LogP contribution in [0.15, 0.2) is 18.2 Å². The van der Waals surface area contributed by atoms with Gasteiger partial charge in [-0.3, -0.25) is 9.59 Å². The summed E-state index contributed by atoms with van der Waals surface area (Å²) in [5, 5.41) is 29.1. The third-order valence-electron chi connectivity index (χ3n) is 7.07. The number of aryl methyl sites for hydroxylation is 2. The second-order valence-corrected chi connectivity index (χ2v) is 11.0. The molecule has 6 nitrogen and oxygen atoms in total. The van der Waals surface area contributed by atoms with Crippen molar-refractivity contribution in [1.82, 2.24) is 0 Å². The van der Waals surface area contributed by atoms with E-state index in [1.54, 1.807) is 12.2 Å². The molecule has 1 unspecified atom stereocenters. The Bertz CT molecular complexity index is 873. The van der Waals surface area contributed by atoms with Crippen LogP contribution >= 0.6 is 0 Å². The molecule has 0 spiro atoms. The second kappa shape index (κ2) is 16.6. The first-order valence-electron chi connectivity index (χ1n) is 14.0. The normalized spacial score (nSPS) is 14.5. The van der Waals surface area contributed by atoms with Gasteiger partial charge in [0.1, 0.15) is 6.10 Å². The second-order valence-electron chi connectivity index (χ2n) is 11.0. The van der Waals surface area contributed by atoms with Crippen molar-refractivity contribution in [3.8, 4) is 0 Å². The van der Waals surface area contributed by atoms with Gasteiger partial charge in [0, 0.05) is 12.0 Å². The van der Waals surface area contributed by atoms with Crippen LogP contribution in [0.4, 0.5) is 0 Å². The molecule has 0 aliphatic rings. The zero-order chi connectivity index (χ0) is 28.0. The maximum atomic E-state index is 13.1. The van der Waals surface area contributed by atoms with E-state index < -0.39 is 36.1 Å². The van der Waals surface area contributed by atoms with E-state index in [1.807, 2.05) is 34.6 Å². The molecule has 0 saturated carbocycles. The number of carbonyl (C=O) groups is 2. The lowest BCUT2D eigenvalue weighted by atomic mass is 9.89. The summed E-state index contributed by atoms with van der Waals surface area (Å²) in [7, 11) is 0. The molecular formula is C31H50O6. The van der Waals surface area contributed by atoms with Gasteiger partial charge in [-0.05, 0) is 58.1 Å². The number of carboxylic acid groups (broad SMARTS) is 1. The van der Waals surface area contributed by atoms with Gasteiger partial charge in [-0.25, -0.2) is 0 Å². The maximum absolute atomic E-state index is 13.1. The third-order valence-corrected chi connectivity index (χ3v) is 7.07. The fourth-order valence-corrected chi connectivity index (χ4v) is 4.35. The lowest BCUT2D eigenvalue weighted by Crippen LogP contribution is -2.27. The van der Waals surface area contributed by atoms with Crippen LogP contribution in [-0.2, 0) is 14.3 Å². The first-order valence-corrected chi connectivity index (χ1v) is 14.0. The number of benzene rings is 1. The van der Waals surface area contributed by atoms with Gasteiger partial charge < -0.3 is 20.1 Å². The number of aliphatic carboxylic acids is 1. The Morgan fingerprint density at radius 3 is 2.22 bits per heavy atom. The monoisotopic (exact) mass is 518 g/mol. The van der Waals surface area contributed by atoms with Gasteiger partial charge in [-0.1, -0.05) is 82.2 Å². The Morgan fingerprint density at radius 1 is 1.00 bits per heavy atom. The standard InChI is InChI=1S/C31H50O6/c1-7-9-10-11-12-13-14-15-28(37-30(36)31(5,6)8-2)27-19-22(3)18-23(4)26(27)17-16-24(32)20-25(33)21-29(34)35/h16-19,24-25,28,32-33H,7-15,20-21H2,1-6H3,(H,34,35)/b17-16+/t24-,25-,28?/m1/s1. The number of rotatable bonds is 18. The quantitative estimate of drug-likeness (QED) is 0.142. The van der Waals surface area contributed by atoms with Gasteiger partial charge in [0.25, 0.3) is 0 Å². The van der Waals surface area contributed by atoms with Crippen molar-refractivity contribution in [3.63, 3.8) is 0 Å².